The zero-order chi connectivity index (χ0) is 15.8. The van der Waals surface area contributed by atoms with Gasteiger partial charge >= 0.3 is 0 Å². The van der Waals surface area contributed by atoms with Crippen molar-refractivity contribution in [2.45, 2.75) is 13.5 Å². The molecular weight excluding hydrogens is 276 g/mol. The Hall–Kier alpha value is -2.33. The van der Waals surface area contributed by atoms with Crippen LogP contribution in [0.3, 0.4) is 0 Å². The summed E-state index contributed by atoms with van der Waals surface area (Å²) >= 11 is 0. The average Bonchev–Trinajstić information content (AvgIpc) is 2.54. The van der Waals surface area contributed by atoms with Crippen LogP contribution in [0.5, 0.6) is 11.5 Å². The first-order valence-electron chi connectivity index (χ1n) is 7.43. The molecule has 0 heterocycles. The minimum Gasteiger partial charge on any atom is -0.457 e. The highest BCUT2D eigenvalue weighted by Gasteiger charge is 2.11. The van der Waals surface area contributed by atoms with Crippen molar-refractivity contribution in [3.63, 3.8) is 0 Å². The van der Waals surface area contributed by atoms with Crippen LogP contribution >= 0.6 is 0 Å². The first kappa shape index (κ1) is 16.0. The molecule has 0 spiro atoms. The van der Waals surface area contributed by atoms with Crippen molar-refractivity contribution < 1.29 is 9.53 Å². The largest absolute Gasteiger partial charge is 0.457 e. The van der Waals surface area contributed by atoms with Crippen LogP contribution in [-0.2, 0) is 11.3 Å². The maximum atomic E-state index is 11.9. The van der Waals surface area contributed by atoms with Gasteiger partial charge in [0.25, 0.3) is 0 Å². The number of hydrogen-bond donors (Lipinski definition) is 2. The Bertz CT molecular complexity index is 599. The Labute approximate surface area is 131 Å². The molecule has 4 heteroatoms. The van der Waals surface area contributed by atoms with Crippen molar-refractivity contribution in [2.75, 3.05) is 13.6 Å². The van der Waals surface area contributed by atoms with Crippen LogP contribution in [0, 0.1) is 5.92 Å². The maximum Gasteiger partial charge on any atom is 0.224 e. The number of hydrogen-bond acceptors (Lipinski definition) is 3. The molecule has 116 valence electrons. The fourth-order valence-corrected chi connectivity index (χ4v) is 2.11. The van der Waals surface area contributed by atoms with Crippen LogP contribution in [-0.4, -0.2) is 19.5 Å². The SMILES string of the molecule is CNCC(C)C(=O)NCc1cccc(Oc2ccccc2)c1. The van der Waals surface area contributed by atoms with E-state index in [0.717, 1.165) is 17.1 Å². The zero-order valence-corrected chi connectivity index (χ0v) is 13.0. The number of rotatable bonds is 7. The standard InChI is InChI=1S/C18H22N2O2/c1-14(12-19-2)18(21)20-13-15-7-6-10-17(11-15)22-16-8-4-3-5-9-16/h3-11,14,19H,12-13H2,1-2H3,(H,20,21). The highest BCUT2D eigenvalue weighted by Crippen LogP contribution is 2.21. The van der Waals surface area contributed by atoms with E-state index in [2.05, 4.69) is 10.6 Å². The second-order valence-corrected chi connectivity index (χ2v) is 5.24. The average molecular weight is 298 g/mol. The first-order valence-corrected chi connectivity index (χ1v) is 7.43. The summed E-state index contributed by atoms with van der Waals surface area (Å²) in [4.78, 5) is 11.9. The molecule has 0 radical (unpaired) electrons. The van der Waals surface area contributed by atoms with Gasteiger partial charge in [0.15, 0.2) is 0 Å². The van der Waals surface area contributed by atoms with Gasteiger partial charge < -0.3 is 15.4 Å². The number of ether oxygens (including phenoxy) is 1. The fourth-order valence-electron chi connectivity index (χ4n) is 2.11. The number of carbonyl (C=O) groups is 1. The molecule has 1 amide bonds. The van der Waals surface area contributed by atoms with Crippen LogP contribution in [0.1, 0.15) is 12.5 Å². The minimum absolute atomic E-state index is 0.0451. The molecule has 2 N–H and O–H groups in total. The molecule has 0 aliphatic rings. The van der Waals surface area contributed by atoms with Gasteiger partial charge in [-0.25, -0.2) is 0 Å². The van der Waals surface area contributed by atoms with Crippen molar-refractivity contribution in [1.29, 1.82) is 0 Å². The van der Waals surface area contributed by atoms with Gasteiger partial charge in [-0.1, -0.05) is 37.3 Å². The van der Waals surface area contributed by atoms with Crippen molar-refractivity contribution in [3.05, 3.63) is 60.2 Å². The second kappa shape index (κ2) is 8.20. The first-order chi connectivity index (χ1) is 10.7. The topological polar surface area (TPSA) is 50.4 Å². The number of benzene rings is 2. The molecule has 0 aliphatic carbocycles. The van der Waals surface area contributed by atoms with E-state index in [1.165, 1.54) is 0 Å². The number of carbonyl (C=O) groups excluding carboxylic acids is 1. The monoisotopic (exact) mass is 298 g/mol. The summed E-state index contributed by atoms with van der Waals surface area (Å²) in [5.74, 6) is 1.56. The van der Waals surface area contributed by atoms with Crippen LogP contribution < -0.4 is 15.4 Å². The Balaban J connectivity index is 1.93. The zero-order valence-electron chi connectivity index (χ0n) is 13.0. The lowest BCUT2D eigenvalue weighted by Crippen LogP contribution is -2.33. The van der Waals surface area contributed by atoms with E-state index < -0.39 is 0 Å². The third kappa shape index (κ3) is 4.90. The van der Waals surface area contributed by atoms with Gasteiger partial charge in [-0.3, -0.25) is 4.79 Å². The van der Waals surface area contributed by atoms with E-state index in [4.69, 9.17) is 4.74 Å². The second-order valence-electron chi connectivity index (χ2n) is 5.24. The summed E-state index contributed by atoms with van der Waals surface area (Å²) in [7, 11) is 1.84. The summed E-state index contributed by atoms with van der Waals surface area (Å²) in [5.41, 5.74) is 1.01. The minimum atomic E-state index is -0.0475. The molecule has 1 atom stereocenters. The molecule has 2 aromatic rings. The van der Waals surface area contributed by atoms with E-state index in [0.29, 0.717) is 13.1 Å². The Morgan fingerprint density at radius 3 is 2.55 bits per heavy atom. The summed E-state index contributed by atoms with van der Waals surface area (Å²) in [6, 6.07) is 17.4. The molecule has 0 aliphatic heterocycles. The van der Waals surface area contributed by atoms with Crippen LogP contribution in [0.2, 0.25) is 0 Å². The van der Waals surface area contributed by atoms with Crippen molar-refractivity contribution in [2.24, 2.45) is 5.92 Å². The highest BCUT2D eigenvalue weighted by molar-refractivity contribution is 5.78. The lowest BCUT2D eigenvalue weighted by Gasteiger charge is -2.12. The number of amides is 1. The molecular formula is C18H22N2O2. The summed E-state index contributed by atoms with van der Waals surface area (Å²) in [6.07, 6.45) is 0. The lowest BCUT2D eigenvalue weighted by molar-refractivity contribution is -0.124. The highest BCUT2D eigenvalue weighted by atomic mass is 16.5. The fraction of sp³-hybridized carbons (Fsp3) is 0.278. The number of nitrogens with one attached hydrogen (secondary N) is 2. The smallest absolute Gasteiger partial charge is 0.224 e. The van der Waals surface area contributed by atoms with E-state index in [1.807, 2.05) is 68.6 Å². The van der Waals surface area contributed by atoms with Crippen LogP contribution in [0.4, 0.5) is 0 Å². The molecule has 0 fully saturated rings. The predicted molar refractivity (Wildman–Crippen MR) is 87.9 cm³/mol. The van der Waals surface area contributed by atoms with E-state index in [9.17, 15) is 4.79 Å². The Morgan fingerprint density at radius 2 is 1.82 bits per heavy atom. The van der Waals surface area contributed by atoms with Gasteiger partial charge in [0.1, 0.15) is 11.5 Å². The van der Waals surface area contributed by atoms with E-state index >= 15 is 0 Å². The molecule has 2 rings (SSSR count). The summed E-state index contributed by atoms with van der Waals surface area (Å²) in [6.45, 7) is 3.07. The van der Waals surface area contributed by atoms with Gasteiger partial charge in [-0.2, -0.15) is 0 Å². The van der Waals surface area contributed by atoms with E-state index in [1.54, 1.807) is 0 Å². The predicted octanol–water partition coefficient (Wildman–Crippen LogP) is 2.95. The molecule has 22 heavy (non-hydrogen) atoms. The van der Waals surface area contributed by atoms with Gasteiger partial charge in [0.05, 0.1) is 0 Å². The van der Waals surface area contributed by atoms with Gasteiger partial charge in [-0.05, 0) is 36.9 Å². The third-order valence-corrected chi connectivity index (χ3v) is 3.30. The van der Waals surface area contributed by atoms with Crippen molar-refractivity contribution >= 4 is 5.91 Å². The molecule has 0 bridgehead atoms. The van der Waals surface area contributed by atoms with Gasteiger partial charge in [-0.15, -0.1) is 0 Å². The van der Waals surface area contributed by atoms with Crippen LogP contribution in [0.15, 0.2) is 54.6 Å². The van der Waals surface area contributed by atoms with E-state index in [-0.39, 0.29) is 11.8 Å². The normalized spacial score (nSPS) is 11.7. The Kier molecular flexibility index (Phi) is 5.98. The third-order valence-electron chi connectivity index (χ3n) is 3.30. The lowest BCUT2D eigenvalue weighted by atomic mass is 10.1. The maximum absolute atomic E-state index is 11.9. The quantitative estimate of drug-likeness (QED) is 0.826. The molecule has 2 aromatic carbocycles. The number of para-hydroxylation sites is 1. The molecule has 0 aromatic heterocycles. The molecule has 0 saturated heterocycles. The van der Waals surface area contributed by atoms with Gasteiger partial charge in [0, 0.05) is 19.0 Å². The summed E-state index contributed by atoms with van der Waals surface area (Å²) in [5, 5.41) is 5.94. The molecule has 4 nitrogen and oxygen atoms in total. The van der Waals surface area contributed by atoms with Crippen molar-refractivity contribution in [1.82, 2.24) is 10.6 Å². The Morgan fingerprint density at radius 1 is 1.09 bits per heavy atom. The molecule has 0 saturated carbocycles. The van der Waals surface area contributed by atoms with Crippen molar-refractivity contribution in [3.8, 4) is 11.5 Å². The summed E-state index contributed by atoms with van der Waals surface area (Å²) < 4.78 is 5.79. The van der Waals surface area contributed by atoms with Crippen LogP contribution in [0.25, 0.3) is 0 Å². The molecule has 1 unspecified atom stereocenters. The van der Waals surface area contributed by atoms with Gasteiger partial charge in [0.2, 0.25) is 5.91 Å².